The lowest BCUT2D eigenvalue weighted by molar-refractivity contribution is -0.150. The van der Waals surface area contributed by atoms with Crippen LogP contribution in [0.3, 0.4) is 0 Å². The minimum Gasteiger partial charge on any atom is -0.469 e. The highest BCUT2D eigenvalue weighted by atomic mass is 35.5. The third-order valence-electron chi connectivity index (χ3n) is 7.90. The average Bonchev–Trinajstić information content (AvgIpc) is 2.76. The first-order valence-corrected chi connectivity index (χ1v) is 13.4. The van der Waals surface area contributed by atoms with Gasteiger partial charge in [-0.15, -0.1) is 0 Å². The number of aryl methyl sites for hydroxylation is 1. The van der Waals surface area contributed by atoms with Crippen molar-refractivity contribution in [2.75, 3.05) is 13.7 Å². The Hall–Kier alpha value is -2.05. The van der Waals surface area contributed by atoms with Gasteiger partial charge in [0.25, 0.3) is 0 Å². The zero-order valence-electron chi connectivity index (χ0n) is 22.9. The van der Waals surface area contributed by atoms with Crippen LogP contribution in [0, 0.1) is 16.7 Å². The van der Waals surface area contributed by atoms with E-state index in [2.05, 4.69) is 52.1 Å². The maximum Gasteiger partial charge on any atom is 0.322 e. The first-order chi connectivity index (χ1) is 16.7. The smallest absolute Gasteiger partial charge is 0.322 e. The van der Waals surface area contributed by atoms with Crippen LogP contribution in [0.1, 0.15) is 84.8 Å². The number of hydrogen-bond acceptors (Lipinski definition) is 4. The SMILES string of the molecule is COC(=O)C1CC(N2C=C(C(C)(C)CCCO)[C@](C)(c3ccc(CCC(C)(C)C)c(Cl)c3)NC2=O)C1. The van der Waals surface area contributed by atoms with E-state index in [1.165, 1.54) is 7.11 Å². The quantitative estimate of drug-likeness (QED) is 0.382. The standard InChI is InChI=1S/C29H43ClN2O4/c1-27(2,3)13-11-19-9-10-21(17-23(19)30)29(6)24(28(4,5)12-8-14-33)18-32(26(35)31-29)22-15-20(16-22)25(34)36-7/h9-10,17-18,20,22,33H,8,11-16H2,1-7H3,(H,31,35)/t20?,22?,29-/m0/s1. The van der Waals surface area contributed by atoms with Gasteiger partial charge in [0.15, 0.2) is 0 Å². The van der Waals surface area contributed by atoms with Crippen molar-refractivity contribution >= 4 is 23.6 Å². The zero-order valence-corrected chi connectivity index (χ0v) is 23.7. The van der Waals surface area contributed by atoms with Crippen LogP contribution in [-0.4, -0.2) is 41.8 Å². The number of hydrogen-bond donors (Lipinski definition) is 2. The number of amides is 2. The highest BCUT2D eigenvalue weighted by Crippen LogP contribution is 2.47. The molecule has 1 aromatic rings. The molecule has 1 aliphatic heterocycles. The molecular weight excluding hydrogens is 476 g/mol. The second kappa shape index (κ2) is 10.7. The van der Waals surface area contributed by atoms with E-state index in [1.54, 1.807) is 4.90 Å². The lowest BCUT2D eigenvalue weighted by atomic mass is 9.68. The molecule has 1 saturated carbocycles. The summed E-state index contributed by atoms with van der Waals surface area (Å²) < 4.78 is 4.87. The van der Waals surface area contributed by atoms with Gasteiger partial charge in [-0.25, -0.2) is 4.79 Å². The largest absolute Gasteiger partial charge is 0.469 e. The molecule has 1 aromatic carbocycles. The molecule has 36 heavy (non-hydrogen) atoms. The van der Waals surface area contributed by atoms with Crippen LogP contribution in [0.2, 0.25) is 5.02 Å². The molecule has 1 heterocycles. The monoisotopic (exact) mass is 518 g/mol. The lowest BCUT2D eigenvalue weighted by Crippen LogP contribution is -2.60. The number of aliphatic hydroxyl groups is 1. The van der Waals surface area contributed by atoms with Crippen LogP contribution in [-0.2, 0) is 21.5 Å². The molecule has 2 aliphatic rings. The molecular formula is C29H43ClN2O4. The van der Waals surface area contributed by atoms with Gasteiger partial charge >= 0.3 is 12.0 Å². The molecule has 1 atom stereocenters. The summed E-state index contributed by atoms with van der Waals surface area (Å²) in [4.78, 5) is 27.0. The number of nitrogens with zero attached hydrogens (tertiary/aromatic N) is 1. The minimum absolute atomic E-state index is 0.0503. The zero-order chi connectivity index (χ0) is 26.9. The fraction of sp³-hybridized carbons (Fsp3) is 0.655. The average molecular weight is 519 g/mol. The Morgan fingerprint density at radius 3 is 2.44 bits per heavy atom. The van der Waals surface area contributed by atoms with Crippen molar-refractivity contribution in [2.45, 2.75) is 91.6 Å². The van der Waals surface area contributed by atoms with Crippen molar-refractivity contribution in [1.82, 2.24) is 10.2 Å². The Morgan fingerprint density at radius 2 is 1.89 bits per heavy atom. The predicted octanol–water partition coefficient (Wildman–Crippen LogP) is 6.19. The molecule has 0 spiro atoms. The van der Waals surface area contributed by atoms with E-state index < -0.39 is 5.54 Å². The summed E-state index contributed by atoms with van der Waals surface area (Å²) in [6.07, 6.45) is 6.51. The van der Waals surface area contributed by atoms with E-state index in [9.17, 15) is 14.7 Å². The van der Waals surface area contributed by atoms with Crippen molar-refractivity contribution in [1.29, 1.82) is 0 Å². The number of benzene rings is 1. The molecule has 2 amide bonds. The number of methoxy groups -OCH3 is 1. The maximum atomic E-state index is 13.4. The number of halogens is 1. The van der Waals surface area contributed by atoms with Crippen molar-refractivity contribution in [2.24, 2.45) is 16.7 Å². The van der Waals surface area contributed by atoms with Crippen LogP contribution in [0.15, 0.2) is 30.0 Å². The van der Waals surface area contributed by atoms with E-state index in [1.807, 2.05) is 19.2 Å². The maximum absolute atomic E-state index is 13.4. The Balaban J connectivity index is 1.97. The normalized spacial score (nSPS) is 24.6. The molecule has 0 saturated heterocycles. The number of carbonyl (C=O) groups is 2. The van der Waals surface area contributed by atoms with Crippen LogP contribution in [0.5, 0.6) is 0 Å². The van der Waals surface area contributed by atoms with E-state index in [0.29, 0.717) is 24.3 Å². The van der Waals surface area contributed by atoms with Gasteiger partial charge in [-0.05, 0) is 79.0 Å². The summed E-state index contributed by atoms with van der Waals surface area (Å²) in [5.41, 5.74) is 2.26. The molecule has 6 nitrogen and oxygen atoms in total. The second-order valence-electron chi connectivity index (χ2n) is 12.4. The fourth-order valence-corrected chi connectivity index (χ4v) is 5.70. The summed E-state index contributed by atoms with van der Waals surface area (Å²) in [6.45, 7) is 13.1. The number of urea groups is 1. The van der Waals surface area contributed by atoms with Gasteiger partial charge in [0, 0.05) is 23.9 Å². The molecule has 0 radical (unpaired) electrons. The summed E-state index contributed by atoms with van der Waals surface area (Å²) in [7, 11) is 1.40. The van der Waals surface area contributed by atoms with Crippen LogP contribution < -0.4 is 5.32 Å². The third kappa shape index (κ3) is 6.08. The molecule has 1 aliphatic carbocycles. The van der Waals surface area contributed by atoms with E-state index in [0.717, 1.165) is 36.0 Å². The summed E-state index contributed by atoms with van der Waals surface area (Å²) >= 11 is 6.77. The number of aliphatic hydroxyl groups excluding tert-OH is 1. The minimum atomic E-state index is -0.760. The third-order valence-corrected chi connectivity index (χ3v) is 8.26. The summed E-state index contributed by atoms with van der Waals surface area (Å²) in [6, 6.07) is 5.92. The molecule has 0 bridgehead atoms. The second-order valence-corrected chi connectivity index (χ2v) is 12.8. The highest BCUT2D eigenvalue weighted by Gasteiger charge is 2.48. The molecule has 0 unspecified atom stereocenters. The van der Waals surface area contributed by atoms with Crippen LogP contribution >= 0.6 is 11.6 Å². The van der Waals surface area contributed by atoms with Gasteiger partial charge in [-0.1, -0.05) is 58.4 Å². The fourth-order valence-electron chi connectivity index (χ4n) is 5.42. The number of ether oxygens (including phenoxy) is 1. The van der Waals surface area contributed by atoms with E-state index in [-0.39, 0.29) is 41.4 Å². The van der Waals surface area contributed by atoms with Gasteiger partial charge in [0.05, 0.1) is 18.6 Å². The number of nitrogens with one attached hydrogen (secondary N) is 1. The molecule has 200 valence electrons. The lowest BCUT2D eigenvalue weighted by Gasteiger charge is -2.50. The Kier molecular flexibility index (Phi) is 8.51. The first-order valence-electron chi connectivity index (χ1n) is 13.0. The summed E-state index contributed by atoms with van der Waals surface area (Å²) in [5.74, 6) is -0.387. The van der Waals surface area contributed by atoms with Crippen LogP contribution in [0.4, 0.5) is 4.79 Å². The van der Waals surface area contributed by atoms with Crippen molar-refractivity contribution in [3.63, 3.8) is 0 Å². The molecule has 3 rings (SSSR count). The van der Waals surface area contributed by atoms with Gasteiger partial charge in [-0.2, -0.15) is 0 Å². The topological polar surface area (TPSA) is 78.9 Å². The Bertz CT molecular complexity index is 1010. The molecule has 2 N–H and O–H groups in total. The van der Waals surface area contributed by atoms with E-state index >= 15 is 0 Å². The molecule has 1 fully saturated rings. The number of esters is 1. The van der Waals surface area contributed by atoms with Crippen molar-refractivity contribution in [3.05, 3.63) is 46.1 Å². The Labute approximate surface area is 221 Å². The highest BCUT2D eigenvalue weighted by molar-refractivity contribution is 6.31. The number of rotatable bonds is 9. The van der Waals surface area contributed by atoms with Gasteiger partial charge in [0.2, 0.25) is 0 Å². The Morgan fingerprint density at radius 1 is 1.22 bits per heavy atom. The molecule has 7 heteroatoms. The summed E-state index contributed by atoms with van der Waals surface area (Å²) in [5, 5.41) is 13.5. The van der Waals surface area contributed by atoms with Crippen LogP contribution in [0.25, 0.3) is 0 Å². The van der Waals surface area contributed by atoms with Crippen molar-refractivity contribution in [3.8, 4) is 0 Å². The first kappa shape index (κ1) is 28.5. The molecule has 0 aromatic heterocycles. The number of carbonyl (C=O) groups excluding carboxylic acids is 2. The van der Waals surface area contributed by atoms with Crippen molar-refractivity contribution < 1.29 is 19.4 Å². The predicted molar refractivity (Wildman–Crippen MR) is 144 cm³/mol. The van der Waals surface area contributed by atoms with Gasteiger partial charge in [-0.3, -0.25) is 9.69 Å². The van der Waals surface area contributed by atoms with Gasteiger partial charge < -0.3 is 15.2 Å². The van der Waals surface area contributed by atoms with E-state index in [4.69, 9.17) is 16.3 Å². The van der Waals surface area contributed by atoms with Gasteiger partial charge in [0.1, 0.15) is 0 Å².